The lowest BCUT2D eigenvalue weighted by Gasteiger charge is -2.22. The van der Waals surface area contributed by atoms with E-state index in [0.717, 1.165) is 16.9 Å². The highest BCUT2D eigenvalue weighted by molar-refractivity contribution is 6.08. The fourth-order valence-electron chi connectivity index (χ4n) is 2.66. The van der Waals surface area contributed by atoms with Gasteiger partial charge in [0.2, 0.25) is 0 Å². The van der Waals surface area contributed by atoms with Crippen molar-refractivity contribution in [2.45, 2.75) is 45.7 Å². The molecule has 0 bridgehead atoms. The Hall–Kier alpha value is -2.90. The van der Waals surface area contributed by atoms with E-state index in [1.807, 2.05) is 32.9 Å². The zero-order valence-electron chi connectivity index (χ0n) is 16.0. The number of hydrogen-bond donors (Lipinski definition) is 2. The molecule has 1 aromatic rings. The van der Waals surface area contributed by atoms with Gasteiger partial charge in [0.15, 0.2) is 6.61 Å². The van der Waals surface area contributed by atoms with Crippen molar-refractivity contribution in [3.63, 3.8) is 0 Å². The zero-order valence-corrected chi connectivity index (χ0v) is 16.0. The van der Waals surface area contributed by atoms with Crippen molar-refractivity contribution in [1.29, 1.82) is 0 Å². The Bertz CT molecular complexity index is 746. The maximum atomic E-state index is 12.7. The van der Waals surface area contributed by atoms with E-state index < -0.39 is 42.5 Å². The summed E-state index contributed by atoms with van der Waals surface area (Å²) in [6.45, 7) is 6.24. The van der Waals surface area contributed by atoms with Gasteiger partial charge in [-0.25, -0.2) is 4.79 Å². The van der Waals surface area contributed by atoms with Crippen molar-refractivity contribution in [1.82, 2.24) is 15.5 Å². The smallest absolute Gasteiger partial charge is 0.326 e. The third kappa shape index (κ3) is 4.64. The van der Waals surface area contributed by atoms with E-state index >= 15 is 0 Å². The Labute approximate surface area is 158 Å². The normalized spacial score (nSPS) is 20.2. The van der Waals surface area contributed by atoms with Crippen LogP contribution in [0.2, 0.25) is 0 Å². The molecule has 1 saturated heterocycles. The minimum absolute atomic E-state index is 0.0302. The molecule has 0 aromatic heterocycles. The van der Waals surface area contributed by atoms with Crippen LogP contribution in [0.5, 0.6) is 0 Å². The molecule has 1 aliphatic heterocycles. The molecule has 0 saturated carbocycles. The average molecular weight is 375 g/mol. The van der Waals surface area contributed by atoms with Gasteiger partial charge in [-0.3, -0.25) is 19.3 Å². The van der Waals surface area contributed by atoms with Crippen LogP contribution in [0, 0.1) is 6.92 Å². The molecular formula is C19H25N3O5. The van der Waals surface area contributed by atoms with E-state index in [0.29, 0.717) is 5.56 Å². The van der Waals surface area contributed by atoms with Crippen molar-refractivity contribution in [3.05, 3.63) is 35.4 Å². The van der Waals surface area contributed by atoms with E-state index in [2.05, 4.69) is 10.6 Å². The minimum atomic E-state index is -1.25. The molecule has 1 aromatic carbocycles. The fraction of sp³-hybridized carbons (Fsp3) is 0.474. The molecule has 0 unspecified atom stereocenters. The van der Waals surface area contributed by atoms with Crippen LogP contribution >= 0.6 is 0 Å². The van der Waals surface area contributed by atoms with Gasteiger partial charge in [-0.15, -0.1) is 0 Å². The first-order chi connectivity index (χ1) is 12.7. The van der Waals surface area contributed by atoms with Crippen molar-refractivity contribution in [2.24, 2.45) is 0 Å². The van der Waals surface area contributed by atoms with Crippen molar-refractivity contribution >= 4 is 23.8 Å². The van der Waals surface area contributed by atoms with Crippen molar-refractivity contribution < 1.29 is 23.9 Å². The van der Waals surface area contributed by atoms with E-state index in [1.54, 1.807) is 19.1 Å². The Balaban J connectivity index is 1.98. The maximum Gasteiger partial charge on any atom is 0.326 e. The number of ether oxygens (including phenoxy) is 1. The molecule has 27 heavy (non-hydrogen) atoms. The van der Waals surface area contributed by atoms with E-state index in [9.17, 15) is 19.2 Å². The minimum Gasteiger partial charge on any atom is -0.454 e. The third-order valence-corrected chi connectivity index (χ3v) is 4.58. The number of amides is 4. The summed E-state index contributed by atoms with van der Waals surface area (Å²) in [6.07, 6.45) is 0.750. The van der Waals surface area contributed by atoms with Gasteiger partial charge in [-0.1, -0.05) is 36.8 Å². The average Bonchev–Trinajstić information content (AvgIpc) is 2.84. The van der Waals surface area contributed by atoms with Crippen molar-refractivity contribution in [3.8, 4) is 0 Å². The summed E-state index contributed by atoms with van der Waals surface area (Å²) >= 11 is 0. The van der Waals surface area contributed by atoms with Crippen LogP contribution < -0.4 is 10.6 Å². The number of benzene rings is 1. The number of rotatable bonds is 7. The molecular weight excluding hydrogens is 350 g/mol. The predicted octanol–water partition coefficient (Wildman–Crippen LogP) is 1.22. The summed E-state index contributed by atoms with van der Waals surface area (Å²) in [4.78, 5) is 49.4. The Morgan fingerprint density at radius 1 is 1.26 bits per heavy atom. The van der Waals surface area contributed by atoms with Crippen LogP contribution in [0.1, 0.15) is 38.3 Å². The summed E-state index contributed by atoms with van der Waals surface area (Å²) < 4.78 is 4.87. The lowest BCUT2D eigenvalue weighted by Crippen LogP contribution is -2.42. The first-order valence-electron chi connectivity index (χ1n) is 8.83. The SMILES string of the molecule is CC[C@@H](C)NC(=O)COC(=O)CN1C(=O)N[C@@](C)(c2ccc(C)cc2)C1=O. The number of esters is 1. The molecule has 2 rings (SSSR count). The van der Waals surface area contributed by atoms with Gasteiger partial charge >= 0.3 is 12.0 Å². The number of imide groups is 1. The van der Waals surface area contributed by atoms with Gasteiger partial charge < -0.3 is 15.4 Å². The van der Waals surface area contributed by atoms with Gasteiger partial charge in [0.05, 0.1) is 0 Å². The third-order valence-electron chi connectivity index (χ3n) is 4.58. The lowest BCUT2D eigenvalue weighted by atomic mass is 9.91. The highest BCUT2D eigenvalue weighted by Gasteiger charge is 2.49. The van der Waals surface area contributed by atoms with Crippen LogP contribution in [-0.2, 0) is 24.7 Å². The number of urea groups is 1. The molecule has 4 amide bonds. The van der Waals surface area contributed by atoms with Crippen LogP contribution in [0.25, 0.3) is 0 Å². The molecule has 0 aliphatic carbocycles. The predicted molar refractivity (Wildman–Crippen MR) is 97.6 cm³/mol. The number of nitrogens with one attached hydrogen (secondary N) is 2. The monoisotopic (exact) mass is 375 g/mol. The van der Waals surface area contributed by atoms with E-state index in [4.69, 9.17) is 4.74 Å². The molecule has 2 N–H and O–H groups in total. The van der Waals surface area contributed by atoms with E-state index in [1.165, 1.54) is 0 Å². The Morgan fingerprint density at radius 3 is 2.48 bits per heavy atom. The van der Waals surface area contributed by atoms with Gasteiger partial charge in [-0.05, 0) is 32.8 Å². The number of carbonyl (C=O) groups is 4. The van der Waals surface area contributed by atoms with Crippen LogP contribution in [0.15, 0.2) is 24.3 Å². The second kappa shape index (κ2) is 8.20. The number of carbonyl (C=O) groups excluding carboxylic acids is 4. The van der Waals surface area contributed by atoms with Gasteiger partial charge in [0, 0.05) is 6.04 Å². The maximum absolute atomic E-state index is 12.7. The molecule has 1 aliphatic rings. The topological polar surface area (TPSA) is 105 Å². The Kier molecular flexibility index (Phi) is 6.20. The summed E-state index contributed by atoms with van der Waals surface area (Å²) in [5, 5.41) is 5.28. The standard InChI is InChI=1S/C19H25N3O5/c1-5-13(3)20-15(23)11-27-16(24)10-22-17(25)19(4,21-18(22)26)14-8-6-12(2)7-9-14/h6-9,13H,5,10-11H2,1-4H3,(H,20,23)(H,21,26)/t13-,19+/m1/s1. The number of hydrogen-bond acceptors (Lipinski definition) is 5. The number of aryl methyl sites for hydroxylation is 1. The molecule has 1 fully saturated rings. The second-order valence-electron chi connectivity index (χ2n) is 6.85. The molecule has 146 valence electrons. The highest BCUT2D eigenvalue weighted by atomic mass is 16.5. The summed E-state index contributed by atoms with van der Waals surface area (Å²) in [6, 6.07) is 6.49. The summed E-state index contributed by atoms with van der Waals surface area (Å²) in [7, 11) is 0. The molecule has 2 atom stereocenters. The highest BCUT2D eigenvalue weighted by Crippen LogP contribution is 2.28. The lowest BCUT2D eigenvalue weighted by molar-refractivity contribution is -0.151. The molecule has 0 spiro atoms. The van der Waals surface area contributed by atoms with Crippen LogP contribution in [0.3, 0.4) is 0 Å². The second-order valence-corrected chi connectivity index (χ2v) is 6.85. The summed E-state index contributed by atoms with van der Waals surface area (Å²) in [5.74, 6) is -1.80. The van der Waals surface area contributed by atoms with Crippen LogP contribution in [-0.4, -0.2) is 47.9 Å². The van der Waals surface area contributed by atoms with Gasteiger partial charge in [0.1, 0.15) is 12.1 Å². The summed E-state index contributed by atoms with van der Waals surface area (Å²) in [5.41, 5.74) is 0.393. The Morgan fingerprint density at radius 2 is 1.89 bits per heavy atom. The largest absolute Gasteiger partial charge is 0.454 e. The first kappa shape index (κ1) is 20.4. The van der Waals surface area contributed by atoms with Crippen LogP contribution in [0.4, 0.5) is 4.79 Å². The molecule has 0 radical (unpaired) electrons. The molecule has 8 nitrogen and oxygen atoms in total. The zero-order chi connectivity index (χ0) is 20.2. The molecule has 1 heterocycles. The van der Waals surface area contributed by atoms with Gasteiger partial charge in [0.25, 0.3) is 11.8 Å². The van der Waals surface area contributed by atoms with Crippen molar-refractivity contribution in [2.75, 3.05) is 13.2 Å². The molecule has 8 heteroatoms. The van der Waals surface area contributed by atoms with E-state index in [-0.39, 0.29) is 6.04 Å². The quantitative estimate of drug-likeness (QED) is 0.551. The van der Waals surface area contributed by atoms with Gasteiger partial charge in [-0.2, -0.15) is 0 Å². The fourth-order valence-corrected chi connectivity index (χ4v) is 2.66. The first-order valence-corrected chi connectivity index (χ1v) is 8.83. The number of nitrogens with zero attached hydrogens (tertiary/aromatic N) is 1.